The van der Waals surface area contributed by atoms with Gasteiger partial charge in [-0.1, -0.05) is 0 Å². The van der Waals surface area contributed by atoms with Gasteiger partial charge in [-0.3, -0.25) is 14.9 Å². The second-order valence-corrected chi connectivity index (χ2v) is 2.81. The maximum atomic E-state index is 11.3. The molecule has 7 heteroatoms. The van der Waals surface area contributed by atoms with E-state index in [4.69, 9.17) is 0 Å². The van der Waals surface area contributed by atoms with E-state index in [0.29, 0.717) is 5.69 Å². The van der Waals surface area contributed by atoms with Crippen LogP contribution in [-0.4, -0.2) is 19.5 Å². The van der Waals surface area contributed by atoms with Gasteiger partial charge in [-0.2, -0.15) is 5.10 Å². The second kappa shape index (κ2) is 2.66. The van der Waals surface area contributed by atoms with Crippen LogP contribution in [0.2, 0.25) is 0 Å². The predicted molar refractivity (Wildman–Crippen MR) is 47.2 cm³/mol. The summed E-state index contributed by atoms with van der Waals surface area (Å²) in [6, 6.07) is 1.32. The molecule has 0 unspecified atom stereocenters. The highest BCUT2D eigenvalue weighted by molar-refractivity contribution is 5.65. The van der Waals surface area contributed by atoms with Crippen LogP contribution in [0.15, 0.2) is 17.2 Å². The number of nitro groups is 1. The lowest BCUT2D eigenvalue weighted by molar-refractivity contribution is -0.383. The zero-order valence-corrected chi connectivity index (χ0v) is 7.22. The Labute approximate surface area is 77.1 Å². The molecule has 2 rings (SSSR count). The van der Waals surface area contributed by atoms with E-state index in [9.17, 15) is 14.9 Å². The van der Waals surface area contributed by atoms with Crippen molar-refractivity contribution in [2.45, 2.75) is 6.92 Å². The molecule has 0 aliphatic heterocycles. The number of aromatic amines is 1. The average molecular weight is 194 g/mol. The molecule has 0 aliphatic rings. The highest BCUT2D eigenvalue weighted by Gasteiger charge is 2.19. The standard InChI is InChI=1S/C7H6N4O3/c1-4-2-5(11(13)14)6-7(12)8-3-9-10(4)6/h2-3H,1H3,(H,8,9,12). The lowest BCUT2D eigenvalue weighted by atomic mass is 10.4. The number of aromatic nitrogens is 3. The largest absolute Gasteiger partial charge is 0.310 e. The van der Waals surface area contributed by atoms with E-state index < -0.39 is 10.5 Å². The van der Waals surface area contributed by atoms with Gasteiger partial charge in [0.25, 0.3) is 5.56 Å². The van der Waals surface area contributed by atoms with Gasteiger partial charge >= 0.3 is 5.69 Å². The first kappa shape index (κ1) is 8.42. The summed E-state index contributed by atoms with van der Waals surface area (Å²) >= 11 is 0. The van der Waals surface area contributed by atoms with Crippen molar-refractivity contribution < 1.29 is 4.92 Å². The van der Waals surface area contributed by atoms with Crippen LogP contribution in [0, 0.1) is 17.0 Å². The number of nitrogens with zero attached hydrogens (tertiary/aromatic N) is 3. The molecule has 0 amide bonds. The first-order chi connectivity index (χ1) is 6.61. The van der Waals surface area contributed by atoms with Crippen molar-refractivity contribution in [2.24, 2.45) is 0 Å². The van der Waals surface area contributed by atoms with Crippen LogP contribution in [0.5, 0.6) is 0 Å². The van der Waals surface area contributed by atoms with E-state index in [1.807, 2.05) is 0 Å². The van der Waals surface area contributed by atoms with Gasteiger partial charge in [-0.15, -0.1) is 0 Å². The van der Waals surface area contributed by atoms with Crippen molar-refractivity contribution >= 4 is 11.2 Å². The Bertz CT molecular complexity index is 568. The van der Waals surface area contributed by atoms with Gasteiger partial charge in [-0.05, 0) is 6.92 Å². The minimum atomic E-state index is -0.598. The lowest BCUT2D eigenvalue weighted by Gasteiger charge is -1.92. The normalized spacial score (nSPS) is 10.6. The first-order valence-corrected chi connectivity index (χ1v) is 3.81. The van der Waals surface area contributed by atoms with E-state index in [2.05, 4.69) is 10.1 Å². The van der Waals surface area contributed by atoms with Gasteiger partial charge in [0.15, 0.2) is 0 Å². The summed E-state index contributed by atoms with van der Waals surface area (Å²) in [4.78, 5) is 23.6. The third-order valence-electron chi connectivity index (χ3n) is 1.91. The molecule has 2 aromatic rings. The third kappa shape index (κ3) is 0.987. The van der Waals surface area contributed by atoms with Gasteiger partial charge in [0.2, 0.25) is 5.52 Å². The SMILES string of the molecule is Cc1cc([N+](=O)[O-])c2c(=O)[nH]cnn12. The number of nitrogens with one attached hydrogen (secondary N) is 1. The van der Waals surface area contributed by atoms with Gasteiger partial charge < -0.3 is 4.98 Å². The fourth-order valence-electron chi connectivity index (χ4n) is 1.33. The maximum absolute atomic E-state index is 11.3. The molecule has 0 saturated carbocycles. The molecule has 14 heavy (non-hydrogen) atoms. The maximum Gasteiger partial charge on any atom is 0.302 e. The molecule has 7 nitrogen and oxygen atoms in total. The van der Waals surface area contributed by atoms with E-state index in [1.54, 1.807) is 6.92 Å². The predicted octanol–water partition coefficient (Wildman–Crippen LogP) is 0.239. The second-order valence-electron chi connectivity index (χ2n) is 2.81. The molecule has 2 heterocycles. The van der Waals surface area contributed by atoms with Crippen LogP contribution in [0.1, 0.15) is 5.69 Å². The van der Waals surface area contributed by atoms with Crippen LogP contribution in [0.4, 0.5) is 5.69 Å². The Morgan fingerprint density at radius 3 is 3.00 bits per heavy atom. The summed E-state index contributed by atoms with van der Waals surface area (Å²) in [6.45, 7) is 1.65. The van der Waals surface area contributed by atoms with Crippen molar-refractivity contribution in [3.05, 3.63) is 38.6 Å². The fourth-order valence-corrected chi connectivity index (χ4v) is 1.33. The third-order valence-corrected chi connectivity index (χ3v) is 1.91. The Morgan fingerprint density at radius 1 is 1.64 bits per heavy atom. The molecule has 0 spiro atoms. The molecule has 72 valence electrons. The van der Waals surface area contributed by atoms with Crippen LogP contribution < -0.4 is 5.56 Å². The highest BCUT2D eigenvalue weighted by Crippen LogP contribution is 2.19. The zero-order valence-electron chi connectivity index (χ0n) is 7.22. The summed E-state index contributed by atoms with van der Waals surface area (Å²) in [5.41, 5.74) is -0.218. The summed E-state index contributed by atoms with van der Waals surface area (Å²) in [7, 11) is 0. The Hall–Kier alpha value is -2.18. The minimum Gasteiger partial charge on any atom is -0.310 e. The van der Waals surface area contributed by atoms with Crippen LogP contribution in [0.25, 0.3) is 5.52 Å². The number of hydrogen-bond donors (Lipinski definition) is 1. The van der Waals surface area contributed by atoms with Crippen molar-refractivity contribution in [3.8, 4) is 0 Å². The fraction of sp³-hybridized carbons (Fsp3) is 0.143. The smallest absolute Gasteiger partial charge is 0.302 e. The molecule has 0 radical (unpaired) electrons. The highest BCUT2D eigenvalue weighted by atomic mass is 16.6. The molecule has 0 atom stereocenters. The van der Waals surface area contributed by atoms with Crippen LogP contribution in [0.3, 0.4) is 0 Å². The van der Waals surface area contributed by atoms with Gasteiger partial charge in [0.05, 0.1) is 4.92 Å². The monoisotopic (exact) mass is 194 g/mol. The van der Waals surface area contributed by atoms with Crippen molar-refractivity contribution in [1.29, 1.82) is 0 Å². The Kier molecular flexibility index (Phi) is 1.60. The number of hydrogen-bond acceptors (Lipinski definition) is 4. The summed E-state index contributed by atoms with van der Waals surface area (Å²) < 4.78 is 1.25. The lowest BCUT2D eigenvalue weighted by Crippen LogP contribution is -2.11. The Balaban J connectivity index is 3.00. The summed E-state index contributed by atoms with van der Waals surface area (Å²) in [5.74, 6) is 0. The van der Waals surface area contributed by atoms with Crippen LogP contribution >= 0.6 is 0 Å². The molecule has 0 bridgehead atoms. The molecular weight excluding hydrogens is 188 g/mol. The van der Waals surface area contributed by atoms with Crippen molar-refractivity contribution in [2.75, 3.05) is 0 Å². The molecular formula is C7H6N4O3. The molecule has 2 aromatic heterocycles. The van der Waals surface area contributed by atoms with Gasteiger partial charge in [-0.25, -0.2) is 4.52 Å². The van der Waals surface area contributed by atoms with Crippen LogP contribution in [-0.2, 0) is 0 Å². The zero-order chi connectivity index (χ0) is 10.3. The number of aryl methyl sites for hydroxylation is 1. The first-order valence-electron chi connectivity index (χ1n) is 3.81. The van der Waals surface area contributed by atoms with Crippen molar-refractivity contribution in [3.63, 3.8) is 0 Å². The number of H-pyrrole nitrogens is 1. The summed E-state index contributed by atoms with van der Waals surface area (Å²) in [5, 5.41) is 14.4. The van der Waals surface area contributed by atoms with E-state index >= 15 is 0 Å². The van der Waals surface area contributed by atoms with E-state index in [-0.39, 0.29) is 11.2 Å². The van der Waals surface area contributed by atoms with Gasteiger partial charge in [0.1, 0.15) is 6.33 Å². The minimum absolute atomic E-state index is 0.0324. The molecule has 0 aliphatic carbocycles. The molecule has 1 N–H and O–H groups in total. The average Bonchev–Trinajstić information content (AvgIpc) is 2.46. The van der Waals surface area contributed by atoms with Crippen molar-refractivity contribution in [1.82, 2.24) is 14.6 Å². The molecule has 0 saturated heterocycles. The summed E-state index contributed by atoms with van der Waals surface area (Å²) in [6.07, 6.45) is 1.20. The van der Waals surface area contributed by atoms with Gasteiger partial charge in [0, 0.05) is 11.8 Å². The number of rotatable bonds is 1. The number of fused-ring (bicyclic) bond motifs is 1. The topological polar surface area (TPSA) is 93.3 Å². The Morgan fingerprint density at radius 2 is 2.36 bits per heavy atom. The molecule has 0 aromatic carbocycles. The van der Waals surface area contributed by atoms with E-state index in [1.165, 1.54) is 16.9 Å². The quantitative estimate of drug-likeness (QED) is 0.519. The molecule has 0 fully saturated rings. The van der Waals surface area contributed by atoms with E-state index in [0.717, 1.165) is 0 Å².